The molecule has 2 unspecified atom stereocenters. The number of amides is 1. The lowest BCUT2D eigenvalue weighted by Gasteiger charge is -2.29. The predicted molar refractivity (Wildman–Crippen MR) is 140 cm³/mol. The number of anilines is 1. The standard InChI is InChI=1S/C30H31N3O/c1-21-12-16-24(17-13-21)30(34)33-29(23-8-5-4-6-9-23)27-11-7-10-25(28(27)31-33)20-22-14-18-26(19-15-22)32(2)3/h4-6,8-9,12-20,27,29H,7,10-11H2,1-3H3/b25-20+. The highest BCUT2D eigenvalue weighted by atomic mass is 16.2. The van der Waals surface area contributed by atoms with Gasteiger partial charge in [-0.05, 0) is 73.2 Å². The molecule has 5 rings (SSSR count). The van der Waals surface area contributed by atoms with E-state index in [1.54, 1.807) is 5.01 Å². The first-order chi connectivity index (χ1) is 16.5. The third-order valence-corrected chi connectivity index (χ3v) is 6.90. The normalized spacial score (nSPS) is 20.7. The van der Waals surface area contributed by atoms with Gasteiger partial charge in [-0.2, -0.15) is 5.10 Å². The topological polar surface area (TPSA) is 35.9 Å². The first-order valence-corrected chi connectivity index (χ1v) is 12.0. The minimum atomic E-state index is -0.0789. The molecule has 0 bridgehead atoms. The SMILES string of the molecule is Cc1ccc(C(=O)N2N=C3/C(=C/c4ccc(N(C)C)cc4)CCCC3C2c2ccccc2)cc1. The molecule has 0 radical (unpaired) electrons. The van der Waals surface area contributed by atoms with E-state index in [9.17, 15) is 4.79 Å². The third-order valence-electron chi connectivity index (χ3n) is 6.90. The van der Waals surface area contributed by atoms with Crippen molar-refractivity contribution in [2.45, 2.75) is 32.2 Å². The van der Waals surface area contributed by atoms with Crippen molar-refractivity contribution in [3.8, 4) is 0 Å². The fraction of sp³-hybridized carbons (Fsp3) is 0.267. The Balaban J connectivity index is 1.53. The summed E-state index contributed by atoms with van der Waals surface area (Å²) in [5, 5.41) is 6.76. The second-order valence-electron chi connectivity index (χ2n) is 9.51. The van der Waals surface area contributed by atoms with E-state index in [4.69, 9.17) is 5.10 Å². The summed E-state index contributed by atoms with van der Waals surface area (Å²) in [6.07, 6.45) is 5.37. The first-order valence-electron chi connectivity index (χ1n) is 12.0. The van der Waals surface area contributed by atoms with E-state index in [0.29, 0.717) is 5.56 Å². The molecule has 2 atom stereocenters. The Morgan fingerprint density at radius 3 is 2.35 bits per heavy atom. The van der Waals surface area contributed by atoms with Crippen molar-refractivity contribution in [2.24, 2.45) is 11.0 Å². The average molecular weight is 450 g/mol. The number of fused-ring (bicyclic) bond motifs is 1. The minimum Gasteiger partial charge on any atom is -0.378 e. The molecule has 2 aliphatic rings. The molecule has 1 aliphatic heterocycles. The molecule has 1 aliphatic carbocycles. The number of carbonyl (C=O) groups excluding carboxylic acids is 1. The van der Waals surface area contributed by atoms with E-state index in [0.717, 1.165) is 36.1 Å². The van der Waals surface area contributed by atoms with Crippen molar-refractivity contribution < 1.29 is 4.79 Å². The zero-order valence-electron chi connectivity index (χ0n) is 20.1. The van der Waals surface area contributed by atoms with Crippen molar-refractivity contribution in [1.82, 2.24) is 5.01 Å². The fourth-order valence-corrected chi connectivity index (χ4v) is 5.05. The lowest BCUT2D eigenvalue weighted by Crippen LogP contribution is -2.31. The molecule has 3 aromatic rings. The van der Waals surface area contributed by atoms with Gasteiger partial charge in [-0.1, -0.05) is 60.2 Å². The molecule has 4 nitrogen and oxygen atoms in total. The van der Waals surface area contributed by atoms with E-state index >= 15 is 0 Å². The number of benzene rings is 3. The molecular formula is C30H31N3O. The Labute approximate surface area is 202 Å². The lowest BCUT2D eigenvalue weighted by atomic mass is 9.77. The maximum absolute atomic E-state index is 13.6. The largest absolute Gasteiger partial charge is 0.378 e. The van der Waals surface area contributed by atoms with Gasteiger partial charge in [0.1, 0.15) is 0 Å². The number of aryl methyl sites for hydroxylation is 1. The molecule has 0 saturated heterocycles. The molecule has 1 amide bonds. The van der Waals surface area contributed by atoms with Crippen LogP contribution in [0.25, 0.3) is 6.08 Å². The van der Waals surface area contributed by atoms with Gasteiger partial charge in [-0.25, -0.2) is 5.01 Å². The predicted octanol–water partition coefficient (Wildman–Crippen LogP) is 6.50. The van der Waals surface area contributed by atoms with Gasteiger partial charge in [0.15, 0.2) is 0 Å². The molecule has 4 heteroatoms. The summed E-state index contributed by atoms with van der Waals surface area (Å²) in [5.41, 5.74) is 7.63. The van der Waals surface area contributed by atoms with E-state index in [2.05, 4.69) is 61.5 Å². The van der Waals surface area contributed by atoms with Crippen LogP contribution in [0.5, 0.6) is 0 Å². The van der Waals surface area contributed by atoms with Crippen LogP contribution in [0.15, 0.2) is 89.5 Å². The Hall–Kier alpha value is -3.66. The van der Waals surface area contributed by atoms with Crippen LogP contribution in [-0.2, 0) is 0 Å². The summed E-state index contributed by atoms with van der Waals surface area (Å²) < 4.78 is 0. The highest BCUT2D eigenvalue weighted by Crippen LogP contribution is 2.44. The molecule has 0 N–H and O–H groups in total. The second-order valence-corrected chi connectivity index (χ2v) is 9.51. The summed E-state index contributed by atoms with van der Waals surface area (Å²) in [6, 6.07) is 26.7. The number of rotatable bonds is 4. The second kappa shape index (κ2) is 9.30. The van der Waals surface area contributed by atoms with Crippen LogP contribution in [0, 0.1) is 12.8 Å². The van der Waals surface area contributed by atoms with Crippen LogP contribution in [0.2, 0.25) is 0 Å². The monoisotopic (exact) mass is 449 g/mol. The fourth-order valence-electron chi connectivity index (χ4n) is 5.05. The zero-order chi connectivity index (χ0) is 23.7. The third kappa shape index (κ3) is 4.28. The number of carbonyl (C=O) groups is 1. The molecular weight excluding hydrogens is 418 g/mol. The molecule has 1 saturated carbocycles. The summed E-state index contributed by atoms with van der Waals surface area (Å²) in [4.78, 5) is 15.8. The van der Waals surface area contributed by atoms with Gasteiger partial charge in [-0.15, -0.1) is 0 Å². The number of hydrogen-bond donors (Lipinski definition) is 0. The molecule has 0 aromatic heterocycles. The van der Waals surface area contributed by atoms with Gasteiger partial charge in [-0.3, -0.25) is 4.79 Å². The van der Waals surface area contributed by atoms with Gasteiger partial charge < -0.3 is 4.90 Å². The molecule has 3 aromatic carbocycles. The van der Waals surface area contributed by atoms with Crippen LogP contribution in [-0.4, -0.2) is 30.7 Å². The highest BCUT2D eigenvalue weighted by Gasteiger charge is 2.43. The molecule has 34 heavy (non-hydrogen) atoms. The minimum absolute atomic E-state index is 0.0366. The van der Waals surface area contributed by atoms with Crippen LogP contribution in [0.3, 0.4) is 0 Å². The van der Waals surface area contributed by atoms with Crippen molar-refractivity contribution in [2.75, 3.05) is 19.0 Å². The highest BCUT2D eigenvalue weighted by molar-refractivity contribution is 6.09. The Kier molecular flexibility index (Phi) is 6.06. The first kappa shape index (κ1) is 22.1. The maximum Gasteiger partial charge on any atom is 0.274 e. The smallest absolute Gasteiger partial charge is 0.274 e. The van der Waals surface area contributed by atoms with Crippen molar-refractivity contribution in [3.05, 3.63) is 107 Å². The zero-order valence-corrected chi connectivity index (χ0v) is 20.1. The van der Waals surface area contributed by atoms with Crippen molar-refractivity contribution >= 4 is 23.4 Å². The van der Waals surface area contributed by atoms with E-state index in [1.807, 2.05) is 49.4 Å². The summed E-state index contributed by atoms with van der Waals surface area (Å²) in [7, 11) is 4.10. The van der Waals surface area contributed by atoms with Gasteiger partial charge in [0.25, 0.3) is 5.91 Å². The Morgan fingerprint density at radius 2 is 1.68 bits per heavy atom. The summed E-state index contributed by atoms with van der Waals surface area (Å²) in [5.74, 6) is 0.170. The Bertz CT molecular complexity index is 1220. The number of hydrazone groups is 1. The van der Waals surface area contributed by atoms with Gasteiger partial charge >= 0.3 is 0 Å². The van der Waals surface area contributed by atoms with E-state index < -0.39 is 0 Å². The van der Waals surface area contributed by atoms with Crippen LogP contribution in [0.4, 0.5) is 5.69 Å². The molecule has 1 heterocycles. The average Bonchev–Trinajstić information content (AvgIpc) is 3.25. The van der Waals surface area contributed by atoms with Crippen LogP contribution in [0.1, 0.15) is 52.4 Å². The maximum atomic E-state index is 13.6. The van der Waals surface area contributed by atoms with Crippen molar-refractivity contribution in [1.29, 1.82) is 0 Å². The molecule has 172 valence electrons. The Morgan fingerprint density at radius 1 is 0.971 bits per heavy atom. The quantitative estimate of drug-likeness (QED) is 0.456. The van der Waals surface area contributed by atoms with Crippen LogP contribution < -0.4 is 4.90 Å². The summed E-state index contributed by atoms with van der Waals surface area (Å²) >= 11 is 0. The number of nitrogens with zero attached hydrogens (tertiary/aromatic N) is 3. The van der Waals surface area contributed by atoms with Gasteiger partial charge in [0.2, 0.25) is 0 Å². The molecule has 0 spiro atoms. The number of hydrogen-bond acceptors (Lipinski definition) is 3. The summed E-state index contributed by atoms with van der Waals surface area (Å²) in [6.45, 7) is 2.04. The van der Waals surface area contributed by atoms with Gasteiger partial charge in [0.05, 0.1) is 11.8 Å². The van der Waals surface area contributed by atoms with Crippen molar-refractivity contribution in [3.63, 3.8) is 0 Å². The lowest BCUT2D eigenvalue weighted by molar-refractivity contribution is 0.0681. The van der Waals surface area contributed by atoms with Crippen LogP contribution >= 0.6 is 0 Å². The van der Waals surface area contributed by atoms with E-state index in [-0.39, 0.29) is 17.9 Å². The number of allylic oxidation sites excluding steroid dienone is 1. The van der Waals surface area contributed by atoms with E-state index in [1.165, 1.54) is 16.8 Å². The van der Waals surface area contributed by atoms with Gasteiger partial charge in [0, 0.05) is 31.3 Å². The molecule has 1 fully saturated rings.